The summed E-state index contributed by atoms with van der Waals surface area (Å²) in [6.45, 7) is 0. The van der Waals surface area contributed by atoms with Crippen LogP contribution < -0.4 is 5.32 Å². The molecular formula is C10H10F5N3O3. The van der Waals surface area contributed by atoms with E-state index in [9.17, 15) is 31.5 Å². The third kappa shape index (κ3) is 3.89. The molecule has 0 saturated carbocycles. The first-order valence-electron chi connectivity index (χ1n) is 5.40. The molecule has 0 aromatic carbocycles. The number of carbonyl (C=O) groups excluding carboxylic acids is 2. The second-order valence-corrected chi connectivity index (χ2v) is 3.90. The largest absolute Gasteiger partial charge is 0.467 e. The van der Waals surface area contributed by atoms with Crippen LogP contribution in [0.4, 0.5) is 22.0 Å². The Balaban J connectivity index is 2.87. The Kier molecular flexibility index (Phi) is 4.86. The van der Waals surface area contributed by atoms with E-state index >= 15 is 0 Å². The molecule has 0 fully saturated rings. The number of nitrogens with one attached hydrogen (secondary N) is 2. The van der Waals surface area contributed by atoms with E-state index in [0.29, 0.717) is 0 Å². The molecule has 0 spiro atoms. The van der Waals surface area contributed by atoms with Crippen LogP contribution in [0.25, 0.3) is 0 Å². The summed E-state index contributed by atoms with van der Waals surface area (Å²) in [5.41, 5.74) is 0.237. The summed E-state index contributed by atoms with van der Waals surface area (Å²) in [6.07, 6.45) is -4.03. The predicted molar refractivity (Wildman–Crippen MR) is 57.2 cm³/mol. The summed E-state index contributed by atoms with van der Waals surface area (Å²) in [4.78, 5) is 28.5. The van der Waals surface area contributed by atoms with Gasteiger partial charge in [0.25, 0.3) is 0 Å². The molecule has 1 atom stereocenters. The molecule has 21 heavy (non-hydrogen) atoms. The van der Waals surface area contributed by atoms with E-state index in [1.54, 1.807) is 0 Å². The number of alkyl halides is 5. The summed E-state index contributed by atoms with van der Waals surface area (Å²) in [5, 5.41) is 1.32. The normalized spacial score (nSPS) is 13.6. The first kappa shape index (κ1) is 16.9. The van der Waals surface area contributed by atoms with Crippen molar-refractivity contribution >= 4 is 11.9 Å². The van der Waals surface area contributed by atoms with Crippen molar-refractivity contribution in [2.24, 2.45) is 0 Å². The molecular weight excluding hydrogens is 305 g/mol. The maximum atomic E-state index is 12.8. The highest BCUT2D eigenvalue weighted by atomic mass is 19.4. The molecule has 1 amide bonds. The molecule has 0 aliphatic rings. The maximum absolute atomic E-state index is 12.8. The number of nitrogens with zero attached hydrogens (tertiary/aromatic N) is 1. The Hall–Kier alpha value is -2.20. The van der Waals surface area contributed by atoms with Gasteiger partial charge in [-0.15, -0.1) is 0 Å². The van der Waals surface area contributed by atoms with Crippen molar-refractivity contribution in [3.05, 3.63) is 18.2 Å². The van der Waals surface area contributed by atoms with Gasteiger partial charge in [0.1, 0.15) is 6.04 Å². The molecule has 1 rings (SSSR count). The van der Waals surface area contributed by atoms with Gasteiger partial charge in [-0.3, -0.25) is 4.79 Å². The number of amides is 1. The van der Waals surface area contributed by atoms with Crippen LogP contribution in [0.1, 0.15) is 5.69 Å². The molecule has 2 N–H and O–H groups in total. The fourth-order valence-electron chi connectivity index (χ4n) is 1.33. The van der Waals surface area contributed by atoms with Crippen LogP contribution in [0, 0.1) is 0 Å². The molecule has 1 heterocycles. The standard InChI is InChI=1S/C10H10F5N3O3/c1-21-7(19)6(2-5-3-16-4-17-5)18-8(20)9(11,12)10(13,14)15/h3-4,6H,2H2,1H3,(H,16,17)(H,18,20)/t6-/m0/s1. The fraction of sp³-hybridized carbons (Fsp3) is 0.500. The quantitative estimate of drug-likeness (QED) is 0.622. The number of hydrogen-bond acceptors (Lipinski definition) is 4. The highest BCUT2D eigenvalue weighted by Gasteiger charge is 2.63. The Morgan fingerprint density at radius 1 is 1.38 bits per heavy atom. The molecule has 0 aliphatic carbocycles. The van der Waals surface area contributed by atoms with E-state index in [4.69, 9.17) is 0 Å². The zero-order chi connectivity index (χ0) is 16.3. The van der Waals surface area contributed by atoms with E-state index in [1.807, 2.05) is 0 Å². The summed E-state index contributed by atoms with van der Waals surface area (Å²) >= 11 is 0. The molecule has 0 bridgehead atoms. The average Bonchev–Trinajstić information content (AvgIpc) is 2.88. The number of esters is 1. The van der Waals surface area contributed by atoms with Gasteiger partial charge in [0.2, 0.25) is 0 Å². The minimum Gasteiger partial charge on any atom is -0.467 e. The van der Waals surface area contributed by atoms with Crippen molar-refractivity contribution in [3.63, 3.8) is 0 Å². The number of aromatic nitrogens is 2. The van der Waals surface area contributed by atoms with Gasteiger partial charge in [-0.2, -0.15) is 22.0 Å². The van der Waals surface area contributed by atoms with E-state index in [2.05, 4.69) is 14.7 Å². The minimum atomic E-state index is -6.06. The van der Waals surface area contributed by atoms with Crippen LogP contribution in [0.3, 0.4) is 0 Å². The van der Waals surface area contributed by atoms with Crippen molar-refractivity contribution in [2.45, 2.75) is 24.6 Å². The van der Waals surface area contributed by atoms with E-state index in [-0.39, 0.29) is 12.1 Å². The molecule has 6 nitrogen and oxygen atoms in total. The van der Waals surface area contributed by atoms with Crippen LogP contribution in [-0.2, 0) is 20.7 Å². The first-order chi connectivity index (χ1) is 9.59. The van der Waals surface area contributed by atoms with Gasteiger partial charge in [0.15, 0.2) is 0 Å². The molecule has 1 aromatic heterocycles. The monoisotopic (exact) mass is 315 g/mol. The summed E-state index contributed by atoms with van der Waals surface area (Å²) < 4.78 is 66.0. The maximum Gasteiger partial charge on any atom is 0.463 e. The number of H-pyrrole nitrogens is 1. The van der Waals surface area contributed by atoms with E-state index < -0.39 is 30.0 Å². The molecule has 118 valence electrons. The van der Waals surface area contributed by atoms with Crippen LogP contribution in [-0.4, -0.2) is 47.1 Å². The lowest BCUT2D eigenvalue weighted by Gasteiger charge is -2.22. The lowest BCUT2D eigenvalue weighted by Crippen LogP contribution is -2.55. The number of ether oxygens (including phenoxy) is 1. The topological polar surface area (TPSA) is 84.1 Å². The highest BCUT2D eigenvalue weighted by molar-refractivity contribution is 5.89. The second kappa shape index (κ2) is 6.06. The van der Waals surface area contributed by atoms with Gasteiger partial charge in [0, 0.05) is 18.3 Å². The van der Waals surface area contributed by atoms with Crippen molar-refractivity contribution in [1.82, 2.24) is 15.3 Å². The Bertz CT molecular complexity index is 501. The Labute approximate surface area is 114 Å². The van der Waals surface area contributed by atoms with Gasteiger partial charge < -0.3 is 15.0 Å². The molecule has 1 aromatic rings. The van der Waals surface area contributed by atoms with Crippen molar-refractivity contribution < 1.29 is 36.3 Å². The van der Waals surface area contributed by atoms with Crippen molar-refractivity contribution in [2.75, 3.05) is 7.11 Å². The fourth-order valence-corrected chi connectivity index (χ4v) is 1.33. The predicted octanol–water partition coefficient (Wildman–Crippen LogP) is 0.808. The van der Waals surface area contributed by atoms with Gasteiger partial charge >= 0.3 is 24.0 Å². The van der Waals surface area contributed by atoms with Gasteiger partial charge in [-0.25, -0.2) is 9.78 Å². The van der Waals surface area contributed by atoms with Crippen molar-refractivity contribution in [1.29, 1.82) is 0 Å². The molecule has 0 saturated heterocycles. The summed E-state index contributed by atoms with van der Waals surface area (Å²) in [6, 6.07) is -1.71. The lowest BCUT2D eigenvalue weighted by molar-refractivity contribution is -0.270. The van der Waals surface area contributed by atoms with Gasteiger partial charge in [-0.05, 0) is 0 Å². The van der Waals surface area contributed by atoms with Crippen molar-refractivity contribution in [3.8, 4) is 0 Å². The zero-order valence-corrected chi connectivity index (χ0v) is 10.5. The molecule has 0 aliphatic heterocycles. The lowest BCUT2D eigenvalue weighted by atomic mass is 10.1. The van der Waals surface area contributed by atoms with Crippen LogP contribution in [0.5, 0.6) is 0 Å². The Morgan fingerprint density at radius 2 is 2.00 bits per heavy atom. The minimum absolute atomic E-state index is 0.237. The smallest absolute Gasteiger partial charge is 0.463 e. The number of imidazole rings is 1. The van der Waals surface area contributed by atoms with Crippen LogP contribution >= 0.6 is 0 Å². The number of aromatic amines is 1. The van der Waals surface area contributed by atoms with Crippen LogP contribution in [0.15, 0.2) is 12.5 Å². The number of carbonyl (C=O) groups is 2. The zero-order valence-electron chi connectivity index (χ0n) is 10.5. The molecule has 0 unspecified atom stereocenters. The number of hydrogen-bond donors (Lipinski definition) is 2. The SMILES string of the molecule is COC(=O)[C@H](Cc1cnc[nH]1)NC(=O)C(F)(F)C(F)(F)F. The van der Waals surface area contributed by atoms with E-state index in [1.165, 1.54) is 17.8 Å². The second-order valence-electron chi connectivity index (χ2n) is 3.90. The number of methoxy groups -OCH3 is 1. The first-order valence-corrected chi connectivity index (χ1v) is 5.40. The average molecular weight is 315 g/mol. The third-order valence-corrected chi connectivity index (χ3v) is 2.41. The highest BCUT2D eigenvalue weighted by Crippen LogP contribution is 2.35. The van der Waals surface area contributed by atoms with E-state index in [0.717, 1.165) is 7.11 Å². The van der Waals surface area contributed by atoms with Crippen LogP contribution in [0.2, 0.25) is 0 Å². The third-order valence-electron chi connectivity index (χ3n) is 2.41. The Morgan fingerprint density at radius 3 is 2.43 bits per heavy atom. The summed E-state index contributed by atoms with van der Waals surface area (Å²) in [5.74, 6) is -9.42. The number of rotatable bonds is 5. The number of halogens is 5. The van der Waals surface area contributed by atoms with Gasteiger partial charge in [-0.1, -0.05) is 0 Å². The van der Waals surface area contributed by atoms with Gasteiger partial charge in [0.05, 0.1) is 13.4 Å². The summed E-state index contributed by atoms with van der Waals surface area (Å²) in [7, 11) is 0.899. The molecule has 11 heteroatoms. The molecule has 0 radical (unpaired) electrons.